The Balaban J connectivity index is 2.06. The van der Waals surface area contributed by atoms with Crippen LogP contribution in [0.3, 0.4) is 0 Å². The Morgan fingerprint density at radius 1 is 1.25 bits per heavy atom. The summed E-state index contributed by atoms with van der Waals surface area (Å²) >= 11 is 0. The van der Waals surface area contributed by atoms with Crippen molar-refractivity contribution < 1.29 is 8.78 Å². The highest BCUT2D eigenvalue weighted by Gasteiger charge is 2.43. The van der Waals surface area contributed by atoms with Crippen LogP contribution in [0.25, 0.3) is 0 Å². The summed E-state index contributed by atoms with van der Waals surface area (Å²) in [7, 11) is 0. The van der Waals surface area contributed by atoms with Gasteiger partial charge in [-0.15, -0.1) is 0 Å². The van der Waals surface area contributed by atoms with Gasteiger partial charge in [-0.05, 0) is 18.2 Å². The Kier molecular flexibility index (Phi) is 1.53. The number of rotatable bonds is 1. The van der Waals surface area contributed by atoms with Gasteiger partial charge in [-0.25, -0.2) is 8.78 Å². The lowest BCUT2D eigenvalue weighted by Crippen LogP contribution is -2.56. The van der Waals surface area contributed by atoms with Crippen LogP contribution in [0.4, 0.5) is 14.5 Å². The van der Waals surface area contributed by atoms with Gasteiger partial charge in [0.15, 0.2) is 0 Å². The zero-order valence-corrected chi connectivity index (χ0v) is 6.43. The van der Waals surface area contributed by atoms with Crippen LogP contribution in [0.2, 0.25) is 0 Å². The van der Waals surface area contributed by atoms with E-state index in [-0.39, 0.29) is 13.1 Å². The molecule has 0 atom stereocenters. The molecule has 2 rings (SSSR count). The molecule has 0 aliphatic carbocycles. The minimum Gasteiger partial charge on any atom is -0.359 e. The van der Waals surface area contributed by atoms with E-state index in [0.29, 0.717) is 0 Å². The van der Waals surface area contributed by atoms with Crippen molar-refractivity contribution in [2.45, 2.75) is 5.92 Å². The Morgan fingerprint density at radius 3 is 2.33 bits per heavy atom. The van der Waals surface area contributed by atoms with E-state index in [1.54, 1.807) is 29.2 Å². The third-order valence-electron chi connectivity index (χ3n) is 1.91. The normalized spacial score (nSPS) is 20.3. The summed E-state index contributed by atoms with van der Waals surface area (Å²) in [4.78, 5) is 1.65. The molecule has 0 saturated carbocycles. The van der Waals surface area contributed by atoms with Gasteiger partial charge in [0.1, 0.15) is 0 Å². The first-order chi connectivity index (χ1) is 5.67. The van der Waals surface area contributed by atoms with E-state index in [4.69, 9.17) is 0 Å². The number of hydrogen-bond donors (Lipinski definition) is 0. The number of halogens is 2. The molecule has 0 spiro atoms. The SMILES string of the molecule is FC1(F)CN(c2cc[c]cc2)C1. The summed E-state index contributed by atoms with van der Waals surface area (Å²) in [6, 6.07) is 9.87. The molecular weight excluding hydrogens is 160 g/mol. The van der Waals surface area contributed by atoms with Crippen LogP contribution in [-0.4, -0.2) is 19.0 Å². The molecule has 63 valence electrons. The maximum absolute atomic E-state index is 12.4. The second kappa shape index (κ2) is 2.44. The fourth-order valence-electron chi connectivity index (χ4n) is 1.28. The van der Waals surface area contributed by atoms with Crippen molar-refractivity contribution in [3.8, 4) is 0 Å². The average Bonchev–Trinajstić information content (AvgIpc) is 2.02. The number of alkyl halides is 2. The first-order valence-corrected chi connectivity index (χ1v) is 3.76. The largest absolute Gasteiger partial charge is 0.359 e. The zero-order chi connectivity index (χ0) is 8.60. The van der Waals surface area contributed by atoms with E-state index in [9.17, 15) is 8.78 Å². The Hall–Kier alpha value is -1.12. The monoisotopic (exact) mass is 168 g/mol. The van der Waals surface area contributed by atoms with Crippen molar-refractivity contribution in [1.29, 1.82) is 0 Å². The Morgan fingerprint density at radius 2 is 1.83 bits per heavy atom. The van der Waals surface area contributed by atoms with E-state index in [2.05, 4.69) is 6.07 Å². The molecule has 1 nitrogen and oxygen atoms in total. The highest BCUT2D eigenvalue weighted by molar-refractivity contribution is 5.49. The van der Waals surface area contributed by atoms with Crippen LogP contribution in [0, 0.1) is 6.07 Å². The molecule has 1 radical (unpaired) electrons. The molecule has 1 heterocycles. The van der Waals surface area contributed by atoms with Gasteiger partial charge in [0, 0.05) is 5.69 Å². The molecule has 1 aliphatic heterocycles. The first kappa shape index (κ1) is 7.53. The summed E-state index contributed by atoms with van der Waals surface area (Å²) in [5.41, 5.74) is 0.847. The van der Waals surface area contributed by atoms with Crippen molar-refractivity contribution in [2.24, 2.45) is 0 Å². The lowest BCUT2D eigenvalue weighted by molar-refractivity contribution is -0.0262. The smallest absolute Gasteiger partial charge is 0.282 e. The van der Waals surface area contributed by atoms with Crippen molar-refractivity contribution >= 4 is 5.69 Å². The quantitative estimate of drug-likeness (QED) is 0.619. The van der Waals surface area contributed by atoms with E-state index < -0.39 is 5.92 Å². The average molecular weight is 168 g/mol. The van der Waals surface area contributed by atoms with Crippen molar-refractivity contribution in [1.82, 2.24) is 0 Å². The molecule has 1 fully saturated rings. The molecule has 0 amide bonds. The van der Waals surface area contributed by atoms with E-state index >= 15 is 0 Å². The lowest BCUT2D eigenvalue weighted by Gasteiger charge is -2.40. The summed E-state index contributed by atoms with van der Waals surface area (Å²) in [6.45, 7) is -0.311. The molecule has 1 aromatic carbocycles. The standard InChI is InChI=1S/C9H8F2N/c10-9(11)6-12(7-9)8-4-2-1-3-5-8/h2-5H,6-7H2. The van der Waals surface area contributed by atoms with Crippen LogP contribution >= 0.6 is 0 Å². The van der Waals surface area contributed by atoms with E-state index in [0.717, 1.165) is 5.69 Å². The third-order valence-corrected chi connectivity index (χ3v) is 1.91. The van der Waals surface area contributed by atoms with Crippen LogP contribution in [0.15, 0.2) is 24.3 Å². The molecule has 0 bridgehead atoms. The van der Waals surface area contributed by atoms with E-state index in [1.165, 1.54) is 0 Å². The molecule has 1 saturated heterocycles. The first-order valence-electron chi connectivity index (χ1n) is 3.76. The third kappa shape index (κ3) is 1.26. The number of anilines is 1. The maximum atomic E-state index is 12.4. The number of benzene rings is 1. The second-order valence-electron chi connectivity index (χ2n) is 2.97. The summed E-state index contributed by atoms with van der Waals surface area (Å²) in [5.74, 6) is -2.49. The molecule has 1 aliphatic rings. The summed E-state index contributed by atoms with van der Waals surface area (Å²) in [6.07, 6.45) is 0. The predicted molar refractivity (Wildman–Crippen MR) is 42.4 cm³/mol. The van der Waals surface area contributed by atoms with Crippen LogP contribution in [-0.2, 0) is 0 Å². The van der Waals surface area contributed by atoms with Gasteiger partial charge in [0.05, 0.1) is 13.1 Å². The Bertz CT molecular complexity index is 263. The topological polar surface area (TPSA) is 3.24 Å². The van der Waals surface area contributed by atoms with Crippen LogP contribution < -0.4 is 4.90 Å². The van der Waals surface area contributed by atoms with E-state index in [1.807, 2.05) is 0 Å². The molecule has 3 heteroatoms. The fourth-order valence-corrected chi connectivity index (χ4v) is 1.28. The predicted octanol–water partition coefficient (Wildman–Crippen LogP) is 1.94. The Labute approximate surface area is 69.6 Å². The van der Waals surface area contributed by atoms with Gasteiger partial charge in [0.25, 0.3) is 5.92 Å². The lowest BCUT2D eigenvalue weighted by atomic mass is 10.1. The molecule has 12 heavy (non-hydrogen) atoms. The van der Waals surface area contributed by atoms with Crippen LogP contribution in [0.5, 0.6) is 0 Å². The molecule has 1 aromatic rings. The minimum absolute atomic E-state index is 0.156. The molecule has 0 aromatic heterocycles. The van der Waals surface area contributed by atoms with Gasteiger partial charge in [-0.1, -0.05) is 12.1 Å². The molecule has 0 unspecified atom stereocenters. The van der Waals surface area contributed by atoms with Crippen LogP contribution in [0.1, 0.15) is 0 Å². The zero-order valence-electron chi connectivity index (χ0n) is 6.43. The summed E-state index contributed by atoms with van der Waals surface area (Å²) in [5, 5.41) is 0. The highest BCUT2D eigenvalue weighted by atomic mass is 19.3. The number of nitrogens with zero attached hydrogens (tertiary/aromatic N) is 1. The van der Waals surface area contributed by atoms with Crippen molar-refractivity contribution in [3.63, 3.8) is 0 Å². The molecule has 0 N–H and O–H groups in total. The van der Waals surface area contributed by atoms with Gasteiger partial charge >= 0.3 is 0 Å². The highest BCUT2D eigenvalue weighted by Crippen LogP contribution is 2.30. The van der Waals surface area contributed by atoms with Gasteiger partial charge < -0.3 is 4.90 Å². The second-order valence-corrected chi connectivity index (χ2v) is 2.97. The van der Waals surface area contributed by atoms with Crippen molar-refractivity contribution in [3.05, 3.63) is 30.3 Å². The van der Waals surface area contributed by atoms with Gasteiger partial charge in [-0.3, -0.25) is 0 Å². The summed E-state index contributed by atoms with van der Waals surface area (Å²) < 4.78 is 24.8. The van der Waals surface area contributed by atoms with Gasteiger partial charge in [0.2, 0.25) is 0 Å². The minimum atomic E-state index is -2.49. The van der Waals surface area contributed by atoms with Crippen molar-refractivity contribution in [2.75, 3.05) is 18.0 Å². The fraction of sp³-hybridized carbons (Fsp3) is 0.333. The molecular formula is C9H8F2N. The van der Waals surface area contributed by atoms with Gasteiger partial charge in [-0.2, -0.15) is 0 Å². The number of hydrogen-bond acceptors (Lipinski definition) is 1. The maximum Gasteiger partial charge on any atom is 0.282 e.